The van der Waals surface area contributed by atoms with Gasteiger partial charge in [-0.15, -0.1) is 11.8 Å². The van der Waals surface area contributed by atoms with Gasteiger partial charge >= 0.3 is 0 Å². The van der Waals surface area contributed by atoms with Crippen molar-refractivity contribution in [3.63, 3.8) is 0 Å². The Hall–Kier alpha value is -0.240. The van der Waals surface area contributed by atoms with Crippen molar-refractivity contribution in [2.45, 2.75) is 13.8 Å². The Labute approximate surface area is 54.2 Å². The van der Waals surface area contributed by atoms with Gasteiger partial charge < -0.3 is 0 Å². The summed E-state index contributed by atoms with van der Waals surface area (Å²) in [6.45, 7) is 3.39. The Kier molecular flexibility index (Phi) is 3.61. The monoisotopic (exact) mass is 130 g/mol. The molecule has 0 amide bonds. The molecule has 46 valence electrons. The molecule has 8 heavy (non-hydrogen) atoms. The molecular formula is C6H10OS. The molecular weight excluding hydrogens is 120 g/mol. The smallest absolute Gasteiger partial charge is 0.156 e. The van der Waals surface area contributed by atoms with E-state index in [1.54, 1.807) is 18.7 Å². The normalized spacial score (nSPS) is 11.6. The van der Waals surface area contributed by atoms with E-state index in [2.05, 4.69) is 0 Å². The van der Waals surface area contributed by atoms with Crippen LogP contribution in [-0.4, -0.2) is 12.0 Å². The minimum atomic E-state index is 0.152. The highest BCUT2D eigenvalue weighted by Crippen LogP contribution is 2.01. The fraction of sp³-hybridized carbons (Fsp3) is 0.500. The standard InChI is InChI=1S/C6H10OS/c1-5(4-8-3)6(2)7/h4H,1-3H3. The fourth-order valence-corrected chi connectivity index (χ4v) is 0.779. The largest absolute Gasteiger partial charge is 0.295 e. The molecule has 1 nitrogen and oxygen atoms in total. The first-order chi connectivity index (χ1) is 3.68. The molecule has 0 rings (SSSR count). The predicted octanol–water partition coefficient (Wildman–Crippen LogP) is 1.84. The van der Waals surface area contributed by atoms with Gasteiger partial charge in [-0.3, -0.25) is 4.79 Å². The van der Waals surface area contributed by atoms with Crippen molar-refractivity contribution in [3.8, 4) is 0 Å². The summed E-state index contributed by atoms with van der Waals surface area (Å²) in [7, 11) is 0. The van der Waals surface area contributed by atoms with E-state index in [0.717, 1.165) is 5.57 Å². The maximum absolute atomic E-state index is 10.5. The summed E-state index contributed by atoms with van der Waals surface area (Å²) >= 11 is 1.56. The molecule has 0 radical (unpaired) electrons. The number of thioether (sulfide) groups is 1. The zero-order valence-corrected chi connectivity index (χ0v) is 6.21. The third-order valence-corrected chi connectivity index (χ3v) is 1.44. The number of carbonyl (C=O) groups is 1. The maximum Gasteiger partial charge on any atom is 0.156 e. The van der Waals surface area contributed by atoms with Gasteiger partial charge in [0.15, 0.2) is 5.78 Å². The van der Waals surface area contributed by atoms with E-state index >= 15 is 0 Å². The minimum absolute atomic E-state index is 0.152. The first-order valence-electron chi connectivity index (χ1n) is 2.39. The molecule has 0 atom stereocenters. The van der Waals surface area contributed by atoms with Crippen LogP contribution in [0.15, 0.2) is 11.0 Å². The topological polar surface area (TPSA) is 17.1 Å². The van der Waals surface area contributed by atoms with Gasteiger partial charge in [-0.2, -0.15) is 0 Å². The number of hydrogen-bond donors (Lipinski definition) is 0. The number of allylic oxidation sites excluding steroid dienone is 1. The third kappa shape index (κ3) is 2.86. The lowest BCUT2D eigenvalue weighted by Gasteiger charge is -1.88. The zero-order valence-electron chi connectivity index (χ0n) is 5.39. The van der Waals surface area contributed by atoms with E-state index in [9.17, 15) is 4.79 Å². The lowest BCUT2D eigenvalue weighted by molar-refractivity contribution is -0.113. The lowest BCUT2D eigenvalue weighted by atomic mass is 10.2. The van der Waals surface area contributed by atoms with E-state index in [1.807, 2.05) is 18.6 Å². The van der Waals surface area contributed by atoms with E-state index < -0.39 is 0 Å². The summed E-state index contributed by atoms with van der Waals surface area (Å²) in [6.07, 6.45) is 1.94. The highest BCUT2D eigenvalue weighted by atomic mass is 32.2. The van der Waals surface area contributed by atoms with Crippen LogP contribution in [0.4, 0.5) is 0 Å². The molecule has 0 aliphatic rings. The molecule has 0 bridgehead atoms. The van der Waals surface area contributed by atoms with E-state index in [-0.39, 0.29) is 5.78 Å². The number of rotatable bonds is 2. The van der Waals surface area contributed by atoms with Crippen molar-refractivity contribution in [1.82, 2.24) is 0 Å². The molecule has 0 spiro atoms. The molecule has 0 unspecified atom stereocenters. The van der Waals surface area contributed by atoms with E-state index in [1.165, 1.54) is 0 Å². The van der Waals surface area contributed by atoms with Gasteiger partial charge in [0, 0.05) is 0 Å². The zero-order chi connectivity index (χ0) is 6.57. The predicted molar refractivity (Wildman–Crippen MR) is 38.0 cm³/mol. The van der Waals surface area contributed by atoms with Crippen LogP contribution in [-0.2, 0) is 4.79 Å². The molecule has 0 fully saturated rings. The Morgan fingerprint density at radius 2 is 2.00 bits per heavy atom. The van der Waals surface area contributed by atoms with Crippen molar-refractivity contribution in [2.24, 2.45) is 0 Å². The summed E-state index contributed by atoms with van der Waals surface area (Å²) in [5.41, 5.74) is 0.831. The van der Waals surface area contributed by atoms with Crippen molar-refractivity contribution < 1.29 is 4.79 Å². The molecule has 2 heteroatoms. The molecule has 0 aromatic carbocycles. The average molecular weight is 130 g/mol. The quantitative estimate of drug-likeness (QED) is 0.530. The molecule has 0 N–H and O–H groups in total. The highest BCUT2D eigenvalue weighted by Gasteiger charge is 1.91. The molecule has 0 saturated carbocycles. The first kappa shape index (κ1) is 7.76. The SMILES string of the molecule is CSC=C(C)C(C)=O. The van der Waals surface area contributed by atoms with Gasteiger partial charge in [0.2, 0.25) is 0 Å². The summed E-state index contributed by atoms with van der Waals surface area (Å²) in [6, 6.07) is 0. The summed E-state index contributed by atoms with van der Waals surface area (Å²) in [5.74, 6) is 0.152. The van der Waals surface area contributed by atoms with Gasteiger partial charge in [0.25, 0.3) is 0 Å². The average Bonchev–Trinajstić information content (AvgIpc) is 1.67. The summed E-state index contributed by atoms with van der Waals surface area (Å²) in [4.78, 5) is 10.5. The summed E-state index contributed by atoms with van der Waals surface area (Å²) in [5, 5.41) is 1.85. The third-order valence-electron chi connectivity index (χ3n) is 0.850. The lowest BCUT2D eigenvalue weighted by Crippen LogP contribution is -1.88. The van der Waals surface area contributed by atoms with Gasteiger partial charge in [-0.25, -0.2) is 0 Å². The molecule has 0 heterocycles. The molecule has 0 aromatic heterocycles. The minimum Gasteiger partial charge on any atom is -0.295 e. The first-order valence-corrected chi connectivity index (χ1v) is 3.67. The van der Waals surface area contributed by atoms with Crippen LogP contribution in [0, 0.1) is 0 Å². The Morgan fingerprint density at radius 3 is 2.12 bits per heavy atom. The maximum atomic E-state index is 10.5. The van der Waals surface area contributed by atoms with E-state index in [4.69, 9.17) is 0 Å². The van der Waals surface area contributed by atoms with Gasteiger partial charge in [0.1, 0.15) is 0 Å². The highest BCUT2D eigenvalue weighted by molar-refractivity contribution is 8.01. The van der Waals surface area contributed by atoms with Crippen molar-refractivity contribution >= 4 is 17.5 Å². The van der Waals surface area contributed by atoms with Gasteiger partial charge in [-0.05, 0) is 31.1 Å². The van der Waals surface area contributed by atoms with Crippen LogP contribution < -0.4 is 0 Å². The Bertz CT molecular complexity index is 116. The Morgan fingerprint density at radius 1 is 1.50 bits per heavy atom. The molecule has 0 saturated heterocycles. The number of hydrogen-bond acceptors (Lipinski definition) is 2. The second kappa shape index (κ2) is 3.72. The van der Waals surface area contributed by atoms with Crippen molar-refractivity contribution in [2.75, 3.05) is 6.26 Å². The number of carbonyl (C=O) groups excluding carboxylic acids is 1. The fourth-order valence-electron chi connectivity index (χ4n) is 0.260. The molecule has 0 aliphatic carbocycles. The summed E-state index contributed by atoms with van der Waals surface area (Å²) < 4.78 is 0. The molecule has 0 aliphatic heterocycles. The van der Waals surface area contributed by atoms with Crippen LogP contribution in [0.25, 0.3) is 0 Å². The Balaban J connectivity index is 3.80. The van der Waals surface area contributed by atoms with Gasteiger partial charge in [-0.1, -0.05) is 0 Å². The number of ketones is 1. The number of Topliss-reactive ketones (excluding diaryl/α,β-unsaturated/α-hetero) is 1. The van der Waals surface area contributed by atoms with Crippen LogP contribution in [0.1, 0.15) is 13.8 Å². The molecule has 0 aromatic rings. The second-order valence-electron chi connectivity index (χ2n) is 1.59. The van der Waals surface area contributed by atoms with Gasteiger partial charge in [0.05, 0.1) is 0 Å². The second-order valence-corrected chi connectivity index (χ2v) is 2.30. The van der Waals surface area contributed by atoms with Crippen LogP contribution in [0.3, 0.4) is 0 Å². The van der Waals surface area contributed by atoms with Crippen molar-refractivity contribution in [1.29, 1.82) is 0 Å². The van der Waals surface area contributed by atoms with E-state index in [0.29, 0.717) is 0 Å². The van der Waals surface area contributed by atoms with Crippen LogP contribution >= 0.6 is 11.8 Å². The van der Waals surface area contributed by atoms with Crippen LogP contribution in [0.2, 0.25) is 0 Å². The van der Waals surface area contributed by atoms with Crippen LogP contribution in [0.5, 0.6) is 0 Å². The van der Waals surface area contributed by atoms with Crippen molar-refractivity contribution in [3.05, 3.63) is 11.0 Å².